The number of thioether (sulfide) groups is 1. The van der Waals surface area contributed by atoms with E-state index in [-0.39, 0.29) is 0 Å². The molecule has 1 heterocycles. The number of aliphatic carboxylic acids is 1. The van der Waals surface area contributed by atoms with Crippen LogP contribution < -0.4 is 11.1 Å². The van der Waals surface area contributed by atoms with E-state index in [1.165, 1.54) is 10.6 Å². The summed E-state index contributed by atoms with van der Waals surface area (Å²) in [5.41, 5.74) is 7.81. The van der Waals surface area contributed by atoms with Crippen LogP contribution in [0.25, 0.3) is 0 Å². The minimum atomic E-state index is -0.931. The SMILES string of the molecule is NC(CCc1ccc2c(c1)SCCN2)C(=O)O. The van der Waals surface area contributed by atoms with Crippen molar-refractivity contribution in [3.63, 3.8) is 0 Å². The van der Waals surface area contributed by atoms with Gasteiger partial charge in [0.25, 0.3) is 0 Å². The number of aryl methyl sites for hydroxylation is 1. The lowest BCUT2D eigenvalue weighted by Gasteiger charge is -2.18. The molecule has 1 aliphatic heterocycles. The highest BCUT2D eigenvalue weighted by molar-refractivity contribution is 7.99. The molecule has 1 atom stereocenters. The number of carboxylic acids is 1. The molecule has 0 bridgehead atoms. The van der Waals surface area contributed by atoms with E-state index in [1.807, 2.05) is 17.8 Å². The Kier molecular flexibility index (Phi) is 3.91. The molecule has 0 saturated heterocycles. The van der Waals surface area contributed by atoms with Gasteiger partial charge in [0.1, 0.15) is 6.04 Å². The first kappa shape index (κ1) is 12.3. The molecule has 1 aliphatic rings. The standard InChI is InChI=1S/C12H16N2O2S/c13-9(12(15)16)3-1-8-2-4-10-11(7-8)17-6-5-14-10/h2,4,7,9,14H,1,3,5-6,13H2,(H,15,16). The zero-order chi connectivity index (χ0) is 12.3. The summed E-state index contributed by atoms with van der Waals surface area (Å²) in [5.74, 6) is 0.143. The van der Waals surface area contributed by atoms with Crippen molar-refractivity contribution < 1.29 is 9.90 Å². The van der Waals surface area contributed by atoms with Gasteiger partial charge in [-0.05, 0) is 30.5 Å². The van der Waals surface area contributed by atoms with Crippen LogP contribution in [0.5, 0.6) is 0 Å². The van der Waals surface area contributed by atoms with Crippen molar-refractivity contribution in [1.82, 2.24) is 0 Å². The number of anilines is 1. The van der Waals surface area contributed by atoms with Gasteiger partial charge in [0.05, 0.1) is 0 Å². The van der Waals surface area contributed by atoms with E-state index in [0.717, 1.165) is 17.9 Å². The van der Waals surface area contributed by atoms with Gasteiger partial charge in [0.15, 0.2) is 0 Å². The predicted octanol–water partition coefficient (Wildman–Crippen LogP) is 1.55. The molecular weight excluding hydrogens is 236 g/mol. The summed E-state index contributed by atoms with van der Waals surface area (Å²) in [6, 6.07) is 5.45. The highest BCUT2D eigenvalue weighted by atomic mass is 32.2. The summed E-state index contributed by atoms with van der Waals surface area (Å²) in [6.45, 7) is 1.00. The van der Waals surface area contributed by atoms with Crippen LogP contribution in [0.1, 0.15) is 12.0 Å². The highest BCUT2D eigenvalue weighted by Gasteiger charge is 2.13. The third-order valence-electron chi connectivity index (χ3n) is 2.78. The maximum absolute atomic E-state index is 10.6. The van der Waals surface area contributed by atoms with Gasteiger partial charge in [-0.25, -0.2) is 0 Å². The predicted molar refractivity (Wildman–Crippen MR) is 69.6 cm³/mol. The van der Waals surface area contributed by atoms with Crippen LogP contribution in [-0.4, -0.2) is 29.4 Å². The average Bonchev–Trinajstić information content (AvgIpc) is 2.35. The van der Waals surface area contributed by atoms with Crippen molar-refractivity contribution in [3.05, 3.63) is 23.8 Å². The molecule has 0 radical (unpaired) electrons. The largest absolute Gasteiger partial charge is 0.480 e. The maximum atomic E-state index is 10.6. The zero-order valence-corrected chi connectivity index (χ0v) is 10.3. The van der Waals surface area contributed by atoms with Crippen LogP contribution in [0.3, 0.4) is 0 Å². The van der Waals surface area contributed by atoms with Crippen LogP contribution in [-0.2, 0) is 11.2 Å². The second-order valence-corrected chi connectivity index (χ2v) is 5.23. The van der Waals surface area contributed by atoms with Crippen molar-refractivity contribution in [2.24, 2.45) is 5.73 Å². The number of carbonyl (C=O) groups is 1. The van der Waals surface area contributed by atoms with E-state index in [2.05, 4.69) is 17.4 Å². The molecule has 0 saturated carbocycles. The maximum Gasteiger partial charge on any atom is 0.320 e. The van der Waals surface area contributed by atoms with Crippen LogP contribution in [0.2, 0.25) is 0 Å². The lowest BCUT2D eigenvalue weighted by Crippen LogP contribution is -2.30. The molecule has 4 nitrogen and oxygen atoms in total. The second-order valence-electron chi connectivity index (χ2n) is 4.09. The van der Waals surface area contributed by atoms with Crippen molar-refractivity contribution in [1.29, 1.82) is 0 Å². The van der Waals surface area contributed by atoms with Gasteiger partial charge in [-0.1, -0.05) is 6.07 Å². The topological polar surface area (TPSA) is 75.3 Å². The number of nitrogens with one attached hydrogen (secondary N) is 1. The van der Waals surface area contributed by atoms with E-state index in [9.17, 15) is 4.79 Å². The number of rotatable bonds is 4. The third-order valence-corrected chi connectivity index (χ3v) is 3.84. The summed E-state index contributed by atoms with van der Waals surface area (Å²) in [5, 5.41) is 12.0. The normalized spacial score (nSPS) is 15.8. The monoisotopic (exact) mass is 252 g/mol. The highest BCUT2D eigenvalue weighted by Crippen LogP contribution is 2.31. The van der Waals surface area contributed by atoms with Crippen molar-refractivity contribution in [2.45, 2.75) is 23.8 Å². The Morgan fingerprint density at radius 3 is 3.18 bits per heavy atom. The second kappa shape index (κ2) is 5.42. The van der Waals surface area contributed by atoms with E-state index >= 15 is 0 Å². The molecule has 0 fully saturated rings. The Morgan fingerprint density at radius 1 is 1.59 bits per heavy atom. The number of fused-ring (bicyclic) bond motifs is 1. The fraction of sp³-hybridized carbons (Fsp3) is 0.417. The summed E-state index contributed by atoms with van der Waals surface area (Å²) in [4.78, 5) is 11.9. The Hall–Kier alpha value is -1.20. The van der Waals surface area contributed by atoms with Gasteiger partial charge in [0.2, 0.25) is 0 Å². The summed E-state index contributed by atoms with van der Waals surface area (Å²) < 4.78 is 0. The minimum Gasteiger partial charge on any atom is -0.480 e. The number of hydrogen-bond donors (Lipinski definition) is 3. The van der Waals surface area contributed by atoms with E-state index in [4.69, 9.17) is 10.8 Å². The molecule has 92 valence electrons. The van der Waals surface area contributed by atoms with Gasteiger partial charge >= 0.3 is 5.97 Å². The van der Waals surface area contributed by atoms with Crippen LogP contribution in [0.4, 0.5) is 5.69 Å². The van der Waals surface area contributed by atoms with Crippen LogP contribution >= 0.6 is 11.8 Å². The summed E-state index contributed by atoms with van der Waals surface area (Å²) in [7, 11) is 0. The van der Waals surface area contributed by atoms with Gasteiger partial charge in [-0.2, -0.15) is 0 Å². The van der Waals surface area contributed by atoms with E-state index in [0.29, 0.717) is 12.8 Å². The number of benzene rings is 1. The van der Waals surface area contributed by atoms with Crippen molar-refractivity contribution >= 4 is 23.4 Å². The Morgan fingerprint density at radius 2 is 2.41 bits per heavy atom. The molecule has 1 aromatic rings. The van der Waals surface area contributed by atoms with E-state index in [1.54, 1.807) is 0 Å². The van der Waals surface area contributed by atoms with Crippen LogP contribution in [0.15, 0.2) is 23.1 Å². The van der Waals surface area contributed by atoms with Gasteiger partial charge in [-0.3, -0.25) is 4.79 Å². The molecule has 0 aliphatic carbocycles. The molecule has 0 amide bonds. The Labute approximate surface area is 105 Å². The van der Waals surface area contributed by atoms with E-state index < -0.39 is 12.0 Å². The molecular formula is C12H16N2O2S. The lowest BCUT2D eigenvalue weighted by molar-refractivity contribution is -0.138. The van der Waals surface area contributed by atoms with Gasteiger partial charge in [-0.15, -0.1) is 11.8 Å². The first-order chi connectivity index (χ1) is 8.16. The smallest absolute Gasteiger partial charge is 0.320 e. The number of nitrogens with two attached hydrogens (primary N) is 1. The molecule has 17 heavy (non-hydrogen) atoms. The Balaban J connectivity index is 2.00. The lowest BCUT2D eigenvalue weighted by atomic mass is 10.1. The van der Waals surface area contributed by atoms with Crippen molar-refractivity contribution in [3.8, 4) is 0 Å². The molecule has 2 rings (SSSR count). The first-order valence-corrected chi connectivity index (χ1v) is 6.63. The van der Waals surface area contributed by atoms with Gasteiger partial charge in [0, 0.05) is 22.9 Å². The van der Waals surface area contributed by atoms with Crippen molar-refractivity contribution in [2.75, 3.05) is 17.6 Å². The quantitative estimate of drug-likeness (QED) is 0.758. The molecule has 4 N–H and O–H groups in total. The van der Waals surface area contributed by atoms with Crippen LogP contribution in [0, 0.1) is 0 Å². The zero-order valence-electron chi connectivity index (χ0n) is 9.48. The Bertz CT molecular complexity index is 423. The fourth-order valence-corrected chi connectivity index (χ4v) is 2.73. The first-order valence-electron chi connectivity index (χ1n) is 5.65. The molecule has 1 unspecified atom stereocenters. The minimum absolute atomic E-state index is 0.478. The number of hydrogen-bond acceptors (Lipinski definition) is 4. The van der Waals surface area contributed by atoms with Gasteiger partial charge < -0.3 is 16.2 Å². The molecule has 0 aromatic heterocycles. The third kappa shape index (κ3) is 3.14. The molecule has 1 aromatic carbocycles. The molecule has 5 heteroatoms. The molecule has 0 spiro atoms. The summed E-state index contributed by atoms with van der Waals surface area (Å²) >= 11 is 1.83. The fourth-order valence-electron chi connectivity index (χ4n) is 1.78. The summed E-state index contributed by atoms with van der Waals surface area (Å²) in [6.07, 6.45) is 1.19. The number of carboxylic acid groups (broad SMARTS) is 1. The average molecular weight is 252 g/mol.